The largest absolute Gasteiger partial charge is 0.350 e. The Morgan fingerprint density at radius 2 is 2.07 bits per heavy atom. The summed E-state index contributed by atoms with van der Waals surface area (Å²) < 4.78 is 1.80. The van der Waals surface area contributed by atoms with Crippen molar-refractivity contribution in [1.82, 2.24) is 25.0 Å². The van der Waals surface area contributed by atoms with Crippen LogP contribution in [0, 0.1) is 0 Å². The van der Waals surface area contributed by atoms with Gasteiger partial charge in [0.25, 0.3) is 0 Å². The lowest BCUT2D eigenvalue weighted by Crippen LogP contribution is -2.25. The number of hydrogen-bond donors (Lipinski definition) is 2. The summed E-state index contributed by atoms with van der Waals surface area (Å²) >= 11 is 0. The van der Waals surface area contributed by atoms with E-state index < -0.39 is 6.03 Å². The number of hydrogen-bond acceptors (Lipinski definition) is 5. The van der Waals surface area contributed by atoms with Gasteiger partial charge in [-0.25, -0.2) is 19.7 Å². The van der Waals surface area contributed by atoms with Crippen LogP contribution in [0.2, 0.25) is 0 Å². The first-order valence-corrected chi connectivity index (χ1v) is 8.82. The lowest BCUT2D eigenvalue weighted by molar-refractivity contribution is 0.249. The number of benzene rings is 1. The van der Waals surface area contributed by atoms with Crippen LogP contribution < -0.4 is 11.2 Å². The molecular weight excluding hydrogens is 354 g/mol. The van der Waals surface area contributed by atoms with Gasteiger partial charge in [0, 0.05) is 17.5 Å². The van der Waals surface area contributed by atoms with Gasteiger partial charge in [-0.3, -0.25) is 4.98 Å². The maximum Gasteiger partial charge on any atom is 0.332 e. The van der Waals surface area contributed by atoms with Gasteiger partial charge in [-0.1, -0.05) is 19.1 Å². The average Bonchev–Trinajstić information content (AvgIpc) is 3.14. The smallest absolute Gasteiger partial charge is 0.332 e. The van der Waals surface area contributed by atoms with Gasteiger partial charge in [0.15, 0.2) is 5.65 Å². The number of rotatable bonds is 4. The van der Waals surface area contributed by atoms with Crippen molar-refractivity contribution in [3.63, 3.8) is 0 Å². The number of carbonyl (C=O) groups excluding carboxylic acids is 1. The number of nitrogens with two attached hydrogens (primary N) is 1. The predicted molar refractivity (Wildman–Crippen MR) is 107 cm³/mol. The van der Waals surface area contributed by atoms with Crippen molar-refractivity contribution in [1.29, 1.82) is 0 Å². The van der Waals surface area contributed by atoms with Crippen molar-refractivity contribution >= 4 is 28.3 Å². The van der Waals surface area contributed by atoms with E-state index in [-0.39, 0.29) is 5.92 Å². The molecule has 4 rings (SSSR count). The molecule has 0 fully saturated rings. The molecule has 0 aliphatic heterocycles. The molecule has 0 aliphatic rings. The van der Waals surface area contributed by atoms with E-state index in [0.717, 1.165) is 27.8 Å². The van der Waals surface area contributed by atoms with E-state index >= 15 is 0 Å². The molecule has 2 amide bonds. The molecule has 0 unspecified atom stereocenters. The minimum atomic E-state index is -0.719. The van der Waals surface area contributed by atoms with Crippen LogP contribution in [0.25, 0.3) is 16.6 Å². The minimum absolute atomic E-state index is 0.0725. The zero-order valence-corrected chi connectivity index (χ0v) is 15.5. The Morgan fingerprint density at radius 3 is 2.89 bits per heavy atom. The molecule has 28 heavy (non-hydrogen) atoms. The van der Waals surface area contributed by atoms with E-state index in [1.54, 1.807) is 23.7 Å². The number of pyridine rings is 1. The third-order valence-electron chi connectivity index (χ3n) is 4.66. The van der Waals surface area contributed by atoms with E-state index in [0.29, 0.717) is 11.4 Å². The van der Waals surface area contributed by atoms with Gasteiger partial charge in [0.2, 0.25) is 0 Å². The van der Waals surface area contributed by atoms with E-state index in [9.17, 15) is 4.79 Å². The van der Waals surface area contributed by atoms with Crippen molar-refractivity contribution in [2.24, 2.45) is 10.8 Å². The van der Waals surface area contributed by atoms with Crippen LogP contribution in [0.5, 0.6) is 0 Å². The van der Waals surface area contributed by atoms with Gasteiger partial charge in [-0.15, -0.1) is 0 Å². The molecule has 0 spiro atoms. The molecule has 140 valence electrons. The highest BCUT2D eigenvalue weighted by Gasteiger charge is 2.16. The average molecular weight is 373 g/mol. The van der Waals surface area contributed by atoms with Crippen LogP contribution >= 0.6 is 0 Å². The maximum atomic E-state index is 10.9. The van der Waals surface area contributed by atoms with Gasteiger partial charge >= 0.3 is 6.03 Å². The van der Waals surface area contributed by atoms with Gasteiger partial charge in [0.1, 0.15) is 5.69 Å². The number of amides is 2. The van der Waals surface area contributed by atoms with E-state index in [1.807, 2.05) is 24.4 Å². The molecule has 0 radical (unpaired) electrons. The monoisotopic (exact) mass is 373 g/mol. The Balaban J connectivity index is 1.73. The maximum absolute atomic E-state index is 10.9. The Labute approximate surface area is 161 Å². The van der Waals surface area contributed by atoms with Gasteiger partial charge < -0.3 is 5.73 Å². The van der Waals surface area contributed by atoms with Crippen molar-refractivity contribution in [3.05, 3.63) is 71.8 Å². The fourth-order valence-corrected chi connectivity index (χ4v) is 3.11. The number of primary amides is 1. The van der Waals surface area contributed by atoms with Crippen LogP contribution in [0.3, 0.4) is 0 Å². The molecule has 0 saturated heterocycles. The van der Waals surface area contributed by atoms with Crippen LogP contribution in [0.1, 0.15) is 36.7 Å². The number of fused-ring (bicyclic) bond motifs is 2. The fraction of sp³-hybridized carbons (Fsp3) is 0.150. The van der Waals surface area contributed by atoms with Crippen molar-refractivity contribution < 1.29 is 4.79 Å². The van der Waals surface area contributed by atoms with Gasteiger partial charge in [-0.05, 0) is 42.8 Å². The second kappa shape index (κ2) is 7.07. The van der Waals surface area contributed by atoms with E-state index in [4.69, 9.17) is 5.73 Å². The first kappa shape index (κ1) is 17.6. The lowest BCUT2D eigenvalue weighted by Gasteiger charge is -2.12. The zero-order chi connectivity index (χ0) is 19.7. The quantitative estimate of drug-likeness (QED) is 0.423. The summed E-state index contributed by atoms with van der Waals surface area (Å²) in [6.07, 6.45) is 3.62. The summed E-state index contributed by atoms with van der Waals surface area (Å²) in [4.78, 5) is 19.7. The Bertz CT molecular complexity index is 1210. The Morgan fingerprint density at radius 1 is 1.21 bits per heavy atom. The third kappa shape index (κ3) is 3.27. The van der Waals surface area contributed by atoms with Crippen LogP contribution in [0.15, 0.2) is 60.0 Å². The highest BCUT2D eigenvalue weighted by molar-refractivity contribution is 5.97. The normalized spacial score (nSPS) is 13.0. The van der Waals surface area contributed by atoms with Crippen molar-refractivity contribution in [2.75, 3.05) is 0 Å². The molecule has 1 atom stereocenters. The third-order valence-corrected chi connectivity index (χ3v) is 4.66. The fourth-order valence-electron chi connectivity index (χ4n) is 3.11. The van der Waals surface area contributed by atoms with Crippen LogP contribution in [0.4, 0.5) is 4.79 Å². The first-order valence-electron chi connectivity index (χ1n) is 8.82. The van der Waals surface area contributed by atoms with E-state index in [2.05, 4.69) is 50.7 Å². The first-order chi connectivity index (χ1) is 13.5. The molecule has 3 heterocycles. The molecule has 3 N–H and O–H groups in total. The number of hydrazone groups is 1. The molecule has 8 nitrogen and oxygen atoms in total. The highest BCUT2D eigenvalue weighted by atomic mass is 16.2. The topological polar surface area (TPSA) is 111 Å². The lowest BCUT2D eigenvalue weighted by atomic mass is 9.97. The summed E-state index contributed by atoms with van der Waals surface area (Å²) in [7, 11) is 0. The predicted octanol–water partition coefficient (Wildman–Crippen LogP) is 2.82. The molecule has 1 aromatic carbocycles. The summed E-state index contributed by atoms with van der Waals surface area (Å²) in [6, 6.07) is 13.2. The molecule has 3 aromatic heterocycles. The number of nitrogens with zero attached hydrogens (tertiary/aromatic N) is 5. The number of imidazole rings is 1. The second-order valence-electron chi connectivity index (χ2n) is 6.52. The van der Waals surface area contributed by atoms with Gasteiger partial charge in [0.05, 0.1) is 23.1 Å². The second-order valence-corrected chi connectivity index (χ2v) is 6.52. The number of nitrogens with one attached hydrogen (secondary N) is 1. The minimum Gasteiger partial charge on any atom is -0.350 e. The number of aromatic nitrogens is 4. The number of carbonyl (C=O) groups is 1. The van der Waals surface area contributed by atoms with Crippen molar-refractivity contribution in [3.8, 4) is 0 Å². The van der Waals surface area contributed by atoms with E-state index in [1.165, 1.54) is 0 Å². The summed E-state index contributed by atoms with van der Waals surface area (Å²) in [5, 5.41) is 9.67. The standard InChI is InChI=1S/C20H19N7O/c1-12(14-5-6-17-15(10-14)4-3-9-22-17)18-11-23-19-8-7-16(26-27(18)19)13(2)24-25-20(21)28/h3-12H,1-2H3,(H3,21,25,28)/t12-/m1/s1. The highest BCUT2D eigenvalue weighted by Crippen LogP contribution is 2.27. The van der Waals surface area contributed by atoms with Crippen LogP contribution in [-0.4, -0.2) is 31.3 Å². The molecule has 0 aliphatic carbocycles. The summed E-state index contributed by atoms with van der Waals surface area (Å²) in [5.74, 6) is 0.0725. The molecule has 0 saturated carbocycles. The SMILES string of the molecule is CC(=NNC(N)=O)c1ccc2ncc([C@H](C)c3ccc4ncccc4c3)n2n1. The molecular formula is C20H19N7O. The molecule has 4 aromatic rings. The van der Waals surface area contributed by atoms with Gasteiger partial charge in [-0.2, -0.15) is 10.2 Å². The molecule has 8 heteroatoms. The van der Waals surface area contributed by atoms with Crippen LogP contribution in [-0.2, 0) is 0 Å². The zero-order valence-electron chi connectivity index (χ0n) is 15.5. The number of urea groups is 1. The summed E-state index contributed by atoms with van der Waals surface area (Å²) in [5.41, 5.74) is 12.3. The summed E-state index contributed by atoms with van der Waals surface area (Å²) in [6.45, 7) is 3.87. The molecule has 0 bridgehead atoms. The Hall–Kier alpha value is -3.81. The Kier molecular flexibility index (Phi) is 4.44. The van der Waals surface area contributed by atoms with Crippen molar-refractivity contribution in [2.45, 2.75) is 19.8 Å².